The summed E-state index contributed by atoms with van der Waals surface area (Å²) in [4.78, 5) is 0. The molecule has 0 aromatic heterocycles. The number of nitrogens with one attached hydrogen (secondary N) is 1. The lowest BCUT2D eigenvalue weighted by Crippen LogP contribution is -2.37. The summed E-state index contributed by atoms with van der Waals surface area (Å²) in [7, 11) is 1.76. The van der Waals surface area contributed by atoms with Crippen LogP contribution in [0.4, 0.5) is 0 Å². The summed E-state index contributed by atoms with van der Waals surface area (Å²) >= 11 is 0. The van der Waals surface area contributed by atoms with Gasteiger partial charge in [-0.3, -0.25) is 0 Å². The summed E-state index contributed by atoms with van der Waals surface area (Å²) in [5.74, 6) is 0. The Balaban J connectivity index is 2.00. The molecule has 1 N–H and O–H groups in total. The van der Waals surface area contributed by atoms with E-state index in [9.17, 15) is 0 Å². The van der Waals surface area contributed by atoms with Crippen LogP contribution in [0.2, 0.25) is 0 Å². The fourth-order valence-corrected chi connectivity index (χ4v) is 2.11. The van der Waals surface area contributed by atoms with Crippen molar-refractivity contribution in [1.29, 1.82) is 5.26 Å². The molecule has 1 aliphatic heterocycles. The number of hydrogen-bond donors (Lipinski definition) is 1. The molecule has 2 atom stereocenters. The van der Waals surface area contributed by atoms with E-state index < -0.39 is 0 Å². The minimum absolute atomic E-state index is 0.342. The summed E-state index contributed by atoms with van der Waals surface area (Å²) in [6.45, 7) is 0.904. The normalized spacial score (nSPS) is 25.0. The molecule has 1 aromatic carbocycles. The maximum absolute atomic E-state index is 8.72. The molecule has 0 aliphatic carbocycles. The molecule has 2 rings (SSSR count). The first-order valence-electron chi connectivity index (χ1n) is 5.59. The number of ether oxygens (including phenoxy) is 1. The molecule has 0 radical (unpaired) electrons. The van der Waals surface area contributed by atoms with Crippen LogP contribution in [-0.4, -0.2) is 19.8 Å². The van der Waals surface area contributed by atoms with Gasteiger partial charge < -0.3 is 10.1 Å². The maximum Gasteiger partial charge on any atom is 0.0991 e. The molecular weight excluding hydrogens is 200 g/mol. The van der Waals surface area contributed by atoms with Crippen molar-refractivity contribution in [3.05, 3.63) is 35.4 Å². The number of hydrogen-bond acceptors (Lipinski definition) is 3. The summed E-state index contributed by atoms with van der Waals surface area (Å²) in [6.07, 6.45) is 2.52. The van der Waals surface area contributed by atoms with Crippen LogP contribution in [0.5, 0.6) is 0 Å². The largest absolute Gasteiger partial charge is 0.380 e. The van der Waals surface area contributed by atoms with Gasteiger partial charge in [0.05, 0.1) is 17.7 Å². The van der Waals surface area contributed by atoms with E-state index in [4.69, 9.17) is 10.00 Å². The van der Waals surface area contributed by atoms with Gasteiger partial charge in [0.25, 0.3) is 0 Å². The first-order chi connectivity index (χ1) is 7.83. The van der Waals surface area contributed by atoms with Crippen LogP contribution in [0.3, 0.4) is 0 Å². The van der Waals surface area contributed by atoms with Crippen LogP contribution in [0.15, 0.2) is 24.3 Å². The predicted octanol–water partition coefficient (Wildman–Crippen LogP) is 2.00. The second kappa shape index (κ2) is 5.11. The van der Waals surface area contributed by atoms with E-state index in [0.717, 1.165) is 19.4 Å². The summed E-state index contributed by atoms with van der Waals surface area (Å²) in [5, 5.41) is 12.2. The zero-order chi connectivity index (χ0) is 11.4. The standard InChI is InChI=1S/C13H16N2O/c1-16-12-6-7-13(15-9-12)11-4-2-10(8-14)3-5-11/h2-5,12-13,15H,6-7,9H2,1H3/t12-,13-/m1/s1. The van der Waals surface area contributed by atoms with Crippen molar-refractivity contribution >= 4 is 0 Å². The Morgan fingerprint density at radius 2 is 2.06 bits per heavy atom. The first kappa shape index (κ1) is 11.1. The Morgan fingerprint density at radius 1 is 1.31 bits per heavy atom. The molecule has 0 amide bonds. The molecule has 0 unspecified atom stereocenters. The van der Waals surface area contributed by atoms with Gasteiger partial charge in [-0.2, -0.15) is 5.26 Å². The molecular formula is C13H16N2O. The monoisotopic (exact) mass is 216 g/mol. The molecule has 1 saturated heterocycles. The van der Waals surface area contributed by atoms with Gasteiger partial charge in [0.2, 0.25) is 0 Å². The number of methoxy groups -OCH3 is 1. The summed E-state index contributed by atoms with van der Waals surface area (Å²) in [5.41, 5.74) is 1.97. The Hall–Kier alpha value is -1.37. The van der Waals surface area contributed by atoms with Crippen molar-refractivity contribution in [2.24, 2.45) is 0 Å². The minimum Gasteiger partial charge on any atom is -0.380 e. The lowest BCUT2D eigenvalue weighted by molar-refractivity contribution is 0.0705. The molecule has 84 valence electrons. The highest BCUT2D eigenvalue weighted by Gasteiger charge is 2.20. The van der Waals surface area contributed by atoms with Crippen LogP contribution in [0, 0.1) is 11.3 Å². The molecule has 0 saturated carbocycles. The Labute approximate surface area is 96.0 Å². The SMILES string of the molecule is CO[C@@H]1CC[C@H](c2ccc(C#N)cc2)NC1. The zero-order valence-corrected chi connectivity index (χ0v) is 9.44. The maximum atomic E-state index is 8.72. The molecule has 1 aromatic rings. The minimum atomic E-state index is 0.342. The molecule has 3 heteroatoms. The Kier molecular flexibility index (Phi) is 3.55. The van der Waals surface area contributed by atoms with Gasteiger partial charge in [-0.15, -0.1) is 0 Å². The van der Waals surface area contributed by atoms with E-state index in [2.05, 4.69) is 11.4 Å². The predicted molar refractivity (Wildman–Crippen MR) is 61.9 cm³/mol. The average molecular weight is 216 g/mol. The van der Waals surface area contributed by atoms with Crippen molar-refractivity contribution in [3.63, 3.8) is 0 Å². The lowest BCUT2D eigenvalue weighted by atomic mass is 9.95. The van der Waals surface area contributed by atoms with E-state index in [1.807, 2.05) is 24.3 Å². The average Bonchev–Trinajstić information content (AvgIpc) is 2.39. The molecule has 3 nitrogen and oxygen atoms in total. The highest BCUT2D eigenvalue weighted by atomic mass is 16.5. The van der Waals surface area contributed by atoms with E-state index in [1.54, 1.807) is 7.11 Å². The highest BCUT2D eigenvalue weighted by Crippen LogP contribution is 2.24. The van der Waals surface area contributed by atoms with Gasteiger partial charge in [-0.05, 0) is 30.5 Å². The van der Waals surface area contributed by atoms with Crippen molar-refractivity contribution < 1.29 is 4.74 Å². The van der Waals surface area contributed by atoms with Gasteiger partial charge in [-0.1, -0.05) is 12.1 Å². The lowest BCUT2D eigenvalue weighted by Gasteiger charge is -2.29. The fraction of sp³-hybridized carbons (Fsp3) is 0.462. The van der Waals surface area contributed by atoms with Crippen LogP contribution in [-0.2, 0) is 4.74 Å². The molecule has 0 spiro atoms. The Morgan fingerprint density at radius 3 is 2.56 bits per heavy atom. The number of piperidine rings is 1. The van der Waals surface area contributed by atoms with Crippen molar-refractivity contribution in [1.82, 2.24) is 5.32 Å². The van der Waals surface area contributed by atoms with Crippen LogP contribution in [0.25, 0.3) is 0 Å². The van der Waals surface area contributed by atoms with Crippen molar-refractivity contribution in [2.75, 3.05) is 13.7 Å². The third-order valence-electron chi connectivity index (χ3n) is 3.14. The Bertz CT molecular complexity index is 372. The van der Waals surface area contributed by atoms with Crippen LogP contribution in [0.1, 0.15) is 30.0 Å². The van der Waals surface area contributed by atoms with E-state index in [0.29, 0.717) is 17.7 Å². The molecule has 0 bridgehead atoms. The third-order valence-corrected chi connectivity index (χ3v) is 3.14. The molecule has 1 aliphatic rings. The fourth-order valence-electron chi connectivity index (χ4n) is 2.11. The summed E-state index contributed by atoms with van der Waals surface area (Å²) < 4.78 is 5.31. The molecule has 16 heavy (non-hydrogen) atoms. The van der Waals surface area contributed by atoms with Gasteiger partial charge >= 0.3 is 0 Å². The van der Waals surface area contributed by atoms with Crippen molar-refractivity contribution in [2.45, 2.75) is 25.0 Å². The van der Waals surface area contributed by atoms with Gasteiger partial charge in [0.15, 0.2) is 0 Å². The van der Waals surface area contributed by atoms with Gasteiger partial charge in [-0.25, -0.2) is 0 Å². The van der Waals surface area contributed by atoms with Gasteiger partial charge in [0, 0.05) is 19.7 Å². The first-order valence-corrected chi connectivity index (χ1v) is 5.59. The number of rotatable bonds is 2. The van der Waals surface area contributed by atoms with E-state index in [1.165, 1.54) is 5.56 Å². The van der Waals surface area contributed by atoms with E-state index >= 15 is 0 Å². The molecule has 1 fully saturated rings. The number of nitrogens with zero attached hydrogens (tertiary/aromatic N) is 1. The second-order valence-electron chi connectivity index (χ2n) is 4.13. The quantitative estimate of drug-likeness (QED) is 0.822. The van der Waals surface area contributed by atoms with E-state index in [-0.39, 0.29) is 0 Å². The highest BCUT2D eigenvalue weighted by molar-refractivity contribution is 5.33. The number of benzene rings is 1. The van der Waals surface area contributed by atoms with Gasteiger partial charge in [0.1, 0.15) is 0 Å². The topological polar surface area (TPSA) is 45.0 Å². The second-order valence-corrected chi connectivity index (χ2v) is 4.13. The van der Waals surface area contributed by atoms with Crippen LogP contribution < -0.4 is 5.32 Å². The smallest absolute Gasteiger partial charge is 0.0991 e. The summed E-state index contributed by atoms with van der Waals surface area (Å²) in [6, 6.07) is 10.3. The van der Waals surface area contributed by atoms with Crippen molar-refractivity contribution in [3.8, 4) is 6.07 Å². The molecule has 1 heterocycles. The zero-order valence-electron chi connectivity index (χ0n) is 9.44. The number of nitriles is 1. The van der Waals surface area contributed by atoms with Crippen LogP contribution >= 0.6 is 0 Å². The third kappa shape index (κ3) is 2.41.